The maximum absolute atomic E-state index is 12.6. The Balaban J connectivity index is 2.08. The summed E-state index contributed by atoms with van der Waals surface area (Å²) in [5, 5.41) is 0. The Morgan fingerprint density at radius 1 is 1.19 bits per heavy atom. The highest BCUT2D eigenvalue weighted by Gasteiger charge is 2.31. The van der Waals surface area contributed by atoms with Gasteiger partial charge in [-0.15, -0.1) is 0 Å². The van der Waals surface area contributed by atoms with Crippen LogP contribution >= 0.6 is 0 Å². The van der Waals surface area contributed by atoms with Gasteiger partial charge in [-0.25, -0.2) is 13.1 Å². The van der Waals surface area contributed by atoms with Gasteiger partial charge in [0.1, 0.15) is 0 Å². The van der Waals surface area contributed by atoms with E-state index in [9.17, 15) is 21.6 Å². The second-order valence-electron chi connectivity index (χ2n) is 4.30. The van der Waals surface area contributed by atoms with E-state index in [1.54, 1.807) is 6.07 Å². The van der Waals surface area contributed by atoms with Crippen molar-refractivity contribution in [1.29, 1.82) is 0 Å². The Bertz CT molecular complexity index is 694. The summed E-state index contributed by atoms with van der Waals surface area (Å²) in [4.78, 5) is -0.412. The summed E-state index contributed by atoms with van der Waals surface area (Å²) in [5.41, 5.74) is -0.207. The van der Waals surface area contributed by atoms with E-state index in [1.165, 1.54) is 12.5 Å². The molecule has 0 fully saturated rings. The van der Waals surface area contributed by atoms with Gasteiger partial charge in [-0.3, -0.25) is 0 Å². The Hall–Kier alpha value is -1.80. The molecule has 0 aliphatic heterocycles. The topological polar surface area (TPSA) is 59.3 Å². The summed E-state index contributed by atoms with van der Waals surface area (Å²) in [7, 11) is -3.98. The van der Waals surface area contributed by atoms with Crippen LogP contribution < -0.4 is 4.72 Å². The maximum atomic E-state index is 12.6. The average molecular weight is 319 g/mol. The standard InChI is InChI=1S/C13H12F3NO3S/c14-13(15,16)11-2-1-3-12(8-11)21(18,19)17-6-4-10-5-7-20-9-10/h1-3,5,7-9,17H,4,6H2. The molecule has 0 aliphatic carbocycles. The summed E-state index contributed by atoms with van der Waals surface area (Å²) in [6, 6.07) is 5.30. The minimum absolute atomic E-state index is 0.0676. The number of alkyl halides is 3. The third-order valence-electron chi connectivity index (χ3n) is 2.76. The smallest absolute Gasteiger partial charge is 0.416 e. The van der Waals surface area contributed by atoms with Crippen molar-refractivity contribution in [2.75, 3.05) is 6.54 Å². The SMILES string of the molecule is O=S(=O)(NCCc1ccoc1)c1cccc(C(F)(F)F)c1. The van der Waals surface area contributed by atoms with Crippen LogP contribution in [0, 0.1) is 0 Å². The number of nitrogens with one attached hydrogen (secondary N) is 1. The Morgan fingerprint density at radius 3 is 2.57 bits per heavy atom. The van der Waals surface area contributed by atoms with Crippen molar-refractivity contribution in [2.45, 2.75) is 17.5 Å². The van der Waals surface area contributed by atoms with Crippen molar-refractivity contribution in [3.05, 3.63) is 54.0 Å². The Labute approximate surface area is 119 Å². The molecule has 2 rings (SSSR count). The molecule has 0 saturated carbocycles. The number of sulfonamides is 1. The highest BCUT2D eigenvalue weighted by atomic mass is 32.2. The van der Waals surface area contributed by atoms with Gasteiger partial charge in [0.15, 0.2) is 0 Å². The molecular formula is C13H12F3NO3S. The van der Waals surface area contributed by atoms with Crippen LogP contribution in [0.2, 0.25) is 0 Å². The quantitative estimate of drug-likeness (QED) is 0.922. The van der Waals surface area contributed by atoms with Crippen LogP contribution in [-0.4, -0.2) is 15.0 Å². The van der Waals surface area contributed by atoms with E-state index < -0.39 is 26.7 Å². The van der Waals surface area contributed by atoms with Crippen LogP contribution in [0.25, 0.3) is 0 Å². The van der Waals surface area contributed by atoms with Gasteiger partial charge in [0.2, 0.25) is 10.0 Å². The molecule has 2 aromatic rings. The summed E-state index contributed by atoms with van der Waals surface area (Å²) in [6.45, 7) is 0.0676. The van der Waals surface area contributed by atoms with Crippen molar-refractivity contribution in [1.82, 2.24) is 4.72 Å². The first-order valence-electron chi connectivity index (χ1n) is 5.97. The van der Waals surface area contributed by atoms with Gasteiger partial charge in [0.05, 0.1) is 23.0 Å². The van der Waals surface area contributed by atoms with Crippen LogP contribution in [0.1, 0.15) is 11.1 Å². The molecule has 114 valence electrons. The van der Waals surface area contributed by atoms with Crippen LogP contribution in [0.15, 0.2) is 52.2 Å². The average Bonchev–Trinajstić information content (AvgIpc) is 2.91. The largest absolute Gasteiger partial charge is 0.472 e. The first-order valence-corrected chi connectivity index (χ1v) is 7.45. The van der Waals surface area contributed by atoms with Crippen LogP contribution in [0.3, 0.4) is 0 Å². The molecule has 0 amide bonds. The Kier molecular flexibility index (Phi) is 4.38. The molecule has 0 atom stereocenters. The first-order chi connectivity index (χ1) is 9.79. The van der Waals surface area contributed by atoms with Crippen LogP contribution in [0.4, 0.5) is 13.2 Å². The number of furan rings is 1. The van der Waals surface area contributed by atoms with Gasteiger partial charge in [0, 0.05) is 6.54 Å². The molecule has 0 spiro atoms. The molecule has 1 aromatic heterocycles. The van der Waals surface area contributed by atoms with Crippen molar-refractivity contribution in [2.24, 2.45) is 0 Å². The van der Waals surface area contributed by atoms with Gasteiger partial charge >= 0.3 is 6.18 Å². The maximum Gasteiger partial charge on any atom is 0.416 e. The Morgan fingerprint density at radius 2 is 1.95 bits per heavy atom. The lowest BCUT2D eigenvalue weighted by Crippen LogP contribution is -2.26. The second kappa shape index (κ2) is 5.90. The summed E-state index contributed by atoms with van der Waals surface area (Å²) in [6.07, 6.45) is -1.27. The van der Waals surface area contributed by atoms with Gasteiger partial charge in [0.25, 0.3) is 0 Å². The summed E-state index contributed by atoms with van der Waals surface area (Å²) in [5.74, 6) is 0. The molecule has 4 nitrogen and oxygen atoms in total. The zero-order valence-electron chi connectivity index (χ0n) is 10.7. The lowest BCUT2D eigenvalue weighted by molar-refractivity contribution is -0.137. The normalized spacial score (nSPS) is 12.5. The minimum atomic E-state index is -4.58. The molecule has 1 heterocycles. The molecule has 0 unspecified atom stereocenters. The fourth-order valence-corrected chi connectivity index (χ4v) is 2.76. The molecule has 1 N–H and O–H groups in total. The molecule has 0 saturated heterocycles. The molecule has 0 radical (unpaired) electrons. The van der Waals surface area contributed by atoms with E-state index in [0.717, 1.165) is 23.8 Å². The summed E-state index contributed by atoms with van der Waals surface area (Å²) < 4.78 is 68.7. The zero-order chi connectivity index (χ0) is 15.5. The fraction of sp³-hybridized carbons (Fsp3) is 0.231. The van der Waals surface area contributed by atoms with E-state index in [0.29, 0.717) is 12.5 Å². The van der Waals surface area contributed by atoms with Crippen LogP contribution in [-0.2, 0) is 22.6 Å². The predicted octanol–water partition coefficient (Wildman–Crippen LogP) is 2.82. The van der Waals surface area contributed by atoms with E-state index >= 15 is 0 Å². The van der Waals surface area contributed by atoms with Crippen LogP contribution in [0.5, 0.6) is 0 Å². The molecule has 1 aromatic carbocycles. The second-order valence-corrected chi connectivity index (χ2v) is 6.07. The van der Waals surface area contributed by atoms with E-state index in [4.69, 9.17) is 4.42 Å². The van der Waals surface area contributed by atoms with Crippen molar-refractivity contribution < 1.29 is 26.0 Å². The fourth-order valence-electron chi connectivity index (χ4n) is 1.69. The number of rotatable bonds is 5. The van der Waals surface area contributed by atoms with Crippen molar-refractivity contribution >= 4 is 10.0 Å². The molecule has 21 heavy (non-hydrogen) atoms. The van der Waals surface area contributed by atoms with Crippen molar-refractivity contribution in [3.8, 4) is 0 Å². The lowest BCUT2D eigenvalue weighted by atomic mass is 10.2. The highest BCUT2D eigenvalue weighted by molar-refractivity contribution is 7.89. The number of benzene rings is 1. The molecule has 8 heteroatoms. The van der Waals surface area contributed by atoms with Crippen molar-refractivity contribution in [3.63, 3.8) is 0 Å². The number of hydrogen-bond acceptors (Lipinski definition) is 3. The van der Waals surface area contributed by atoms with E-state index in [1.807, 2.05) is 0 Å². The highest BCUT2D eigenvalue weighted by Crippen LogP contribution is 2.30. The lowest BCUT2D eigenvalue weighted by Gasteiger charge is -2.10. The van der Waals surface area contributed by atoms with E-state index in [2.05, 4.69) is 4.72 Å². The monoisotopic (exact) mass is 319 g/mol. The number of halogens is 3. The minimum Gasteiger partial charge on any atom is -0.472 e. The van der Waals surface area contributed by atoms with Gasteiger partial charge < -0.3 is 4.42 Å². The zero-order valence-corrected chi connectivity index (χ0v) is 11.5. The molecular weight excluding hydrogens is 307 g/mol. The first kappa shape index (κ1) is 15.6. The number of hydrogen-bond donors (Lipinski definition) is 1. The van der Waals surface area contributed by atoms with E-state index in [-0.39, 0.29) is 6.54 Å². The predicted molar refractivity (Wildman–Crippen MR) is 69.0 cm³/mol. The third-order valence-corrected chi connectivity index (χ3v) is 4.22. The molecule has 0 aliphatic rings. The van der Waals surface area contributed by atoms with Gasteiger partial charge in [-0.2, -0.15) is 13.2 Å². The third kappa shape index (κ3) is 4.08. The van der Waals surface area contributed by atoms with Gasteiger partial charge in [-0.1, -0.05) is 6.07 Å². The molecule has 0 bridgehead atoms. The summed E-state index contributed by atoms with van der Waals surface area (Å²) >= 11 is 0. The van der Waals surface area contributed by atoms with Gasteiger partial charge in [-0.05, 0) is 36.2 Å².